The molecule has 21 heavy (non-hydrogen) atoms. The van der Waals surface area contributed by atoms with Gasteiger partial charge in [-0.25, -0.2) is 4.79 Å². The van der Waals surface area contributed by atoms with Crippen LogP contribution in [-0.4, -0.2) is 64.8 Å². The fourth-order valence-electron chi connectivity index (χ4n) is 3.37. The Morgan fingerprint density at radius 3 is 2.62 bits per heavy atom. The molecule has 1 N–H and O–H groups in total. The van der Waals surface area contributed by atoms with Gasteiger partial charge in [0.2, 0.25) is 0 Å². The molecule has 2 atom stereocenters. The molecule has 6 heteroatoms. The molecule has 2 aliphatic heterocycles. The molecular formula is C15H26N2O4. The topological polar surface area (TPSA) is 70.1 Å². The largest absolute Gasteiger partial charge is 0.481 e. The predicted molar refractivity (Wildman–Crippen MR) is 78.1 cm³/mol. The lowest BCUT2D eigenvalue weighted by Gasteiger charge is -2.42. The van der Waals surface area contributed by atoms with Crippen molar-refractivity contribution in [3.05, 3.63) is 0 Å². The van der Waals surface area contributed by atoms with Gasteiger partial charge >= 0.3 is 12.0 Å². The van der Waals surface area contributed by atoms with E-state index in [4.69, 9.17) is 9.84 Å². The number of carboxylic acid groups (broad SMARTS) is 1. The normalized spacial score (nSPS) is 28.7. The van der Waals surface area contributed by atoms with E-state index in [0.717, 1.165) is 13.0 Å². The molecule has 0 aromatic heterocycles. The zero-order valence-electron chi connectivity index (χ0n) is 13.2. The molecule has 2 aliphatic rings. The summed E-state index contributed by atoms with van der Waals surface area (Å²) in [6.45, 7) is 8.63. The van der Waals surface area contributed by atoms with Gasteiger partial charge in [0.1, 0.15) is 0 Å². The number of carbonyl (C=O) groups is 2. The molecule has 0 saturated carbocycles. The van der Waals surface area contributed by atoms with Crippen LogP contribution < -0.4 is 0 Å². The molecule has 2 rings (SSSR count). The highest BCUT2D eigenvalue weighted by Crippen LogP contribution is 2.25. The molecule has 0 aliphatic carbocycles. The Bertz CT molecular complexity index is 410. The van der Waals surface area contributed by atoms with E-state index in [9.17, 15) is 9.59 Å². The molecule has 120 valence electrons. The van der Waals surface area contributed by atoms with Crippen molar-refractivity contribution in [2.45, 2.75) is 51.7 Å². The summed E-state index contributed by atoms with van der Waals surface area (Å²) in [6, 6.07) is 0.0658. The third-order valence-electron chi connectivity index (χ3n) is 4.16. The van der Waals surface area contributed by atoms with Crippen molar-refractivity contribution in [2.24, 2.45) is 5.92 Å². The van der Waals surface area contributed by atoms with Crippen molar-refractivity contribution in [3.63, 3.8) is 0 Å². The van der Waals surface area contributed by atoms with E-state index in [1.807, 2.05) is 30.6 Å². The minimum absolute atomic E-state index is 0.0445. The zero-order valence-corrected chi connectivity index (χ0v) is 13.2. The molecule has 2 amide bonds. The van der Waals surface area contributed by atoms with E-state index in [2.05, 4.69) is 0 Å². The Kier molecular flexibility index (Phi) is 4.76. The van der Waals surface area contributed by atoms with Gasteiger partial charge in [0.15, 0.2) is 0 Å². The molecule has 2 unspecified atom stereocenters. The Labute approximate surface area is 126 Å². The number of carboxylic acids is 1. The number of morpholine rings is 1. The van der Waals surface area contributed by atoms with E-state index >= 15 is 0 Å². The first-order valence-electron chi connectivity index (χ1n) is 7.70. The third-order valence-corrected chi connectivity index (χ3v) is 4.16. The lowest BCUT2D eigenvalue weighted by Crippen LogP contribution is -2.56. The van der Waals surface area contributed by atoms with Crippen molar-refractivity contribution < 1.29 is 19.4 Å². The molecule has 0 aromatic rings. The number of carbonyl (C=O) groups excluding carboxylic acids is 1. The first-order valence-corrected chi connectivity index (χ1v) is 7.70. The number of ether oxygens (including phenoxy) is 1. The number of hydrogen-bond donors (Lipinski definition) is 1. The number of aliphatic carboxylic acids is 1. The summed E-state index contributed by atoms with van der Waals surface area (Å²) < 4.78 is 5.83. The monoisotopic (exact) mass is 298 g/mol. The Balaban J connectivity index is 1.87. The van der Waals surface area contributed by atoms with Crippen LogP contribution >= 0.6 is 0 Å². The minimum Gasteiger partial charge on any atom is -0.481 e. The standard InChI is InChI=1S/C15H26N2O4/c1-11-8-17(10-15(2,3)21-11)14(20)16-7-6-12(9-16)4-5-13(18)19/h11-12H,4-10H2,1-3H3,(H,18,19). The predicted octanol–water partition coefficient (Wildman–Crippen LogP) is 1.79. The van der Waals surface area contributed by atoms with Gasteiger partial charge in [-0.05, 0) is 39.5 Å². The van der Waals surface area contributed by atoms with Gasteiger partial charge in [-0.15, -0.1) is 0 Å². The Morgan fingerprint density at radius 2 is 2.00 bits per heavy atom. The molecule has 0 aromatic carbocycles. The van der Waals surface area contributed by atoms with Crippen LogP contribution in [0, 0.1) is 5.92 Å². The van der Waals surface area contributed by atoms with Crippen LogP contribution in [0.15, 0.2) is 0 Å². The Morgan fingerprint density at radius 1 is 1.29 bits per heavy atom. The number of hydrogen-bond acceptors (Lipinski definition) is 3. The van der Waals surface area contributed by atoms with Gasteiger partial charge in [-0.1, -0.05) is 0 Å². The van der Waals surface area contributed by atoms with Gasteiger partial charge in [-0.3, -0.25) is 4.79 Å². The second-order valence-corrected chi connectivity index (χ2v) is 6.88. The highest BCUT2D eigenvalue weighted by Gasteiger charge is 2.37. The van der Waals surface area contributed by atoms with E-state index in [0.29, 0.717) is 32.0 Å². The number of likely N-dealkylation sites (tertiary alicyclic amines) is 1. The number of rotatable bonds is 3. The zero-order chi connectivity index (χ0) is 15.6. The summed E-state index contributed by atoms with van der Waals surface area (Å²) in [7, 11) is 0. The Hall–Kier alpha value is -1.30. The number of nitrogens with zero attached hydrogens (tertiary/aromatic N) is 2. The second-order valence-electron chi connectivity index (χ2n) is 6.88. The maximum Gasteiger partial charge on any atom is 0.320 e. The quantitative estimate of drug-likeness (QED) is 0.862. The highest BCUT2D eigenvalue weighted by atomic mass is 16.5. The van der Waals surface area contributed by atoms with Crippen molar-refractivity contribution in [1.29, 1.82) is 0 Å². The number of urea groups is 1. The summed E-state index contributed by atoms with van der Waals surface area (Å²) in [5.74, 6) is -0.444. The van der Waals surface area contributed by atoms with E-state index in [-0.39, 0.29) is 24.2 Å². The second kappa shape index (κ2) is 6.22. The van der Waals surface area contributed by atoms with Crippen LogP contribution in [0.4, 0.5) is 4.79 Å². The van der Waals surface area contributed by atoms with E-state index in [1.54, 1.807) is 0 Å². The lowest BCUT2D eigenvalue weighted by molar-refractivity contribution is -0.137. The van der Waals surface area contributed by atoms with Gasteiger partial charge in [0, 0.05) is 26.1 Å². The summed E-state index contributed by atoms with van der Waals surface area (Å²) in [5, 5.41) is 8.74. The molecule has 0 radical (unpaired) electrons. The SMILES string of the molecule is CC1CN(C(=O)N2CCC(CCC(=O)O)C2)CC(C)(C)O1. The van der Waals surface area contributed by atoms with Crippen molar-refractivity contribution in [1.82, 2.24) is 9.80 Å². The maximum atomic E-state index is 12.6. The van der Waals surface area contributed by atoms with Crippen LogP contribution in [0.3, 0.4) is 0 Å². The first-order chi connectivity index (χ1) is 9.77. The average Bonchev–Trinajstić information content (AvgIpc) is 2.81. The fraction of sp³-hybridized carbons (Fsp3) is 0.867. The highest BCUT2D eigenvalue weighted by molar-refractivity contribution is 5.75. The first kappa shape index (κ1) is 16.1. The fourth-order valence-corrected chi connectivity index (χ4v) is 3.37. The van der Waals surface area contributed by atoms with Gasteiger partial charge < -0.3 is 19.6 Å². The van der Waals surface area contributed by atoms with Crippen molar-refractivity contribution in [2.75, 3.05) is 26.2 Å². The van der Waals surface area contributed by atoms with E-state index < -0.39 is 5.97 Å². The lowest BCUT2D eigenvalue weighted by atomic mass is 10.0. The maximum absolute atomic E-state index is 12.6. The minimum atomic E-state index is -0.761. The summed E-state index contributed by atoms with van der Waals surface area (Å²) in [5.41, 5.74) is -0.310. The van der Waals surface area contributed by atoms with Crippen LogP contribution in [0.25, 0.3) is 0 Å². The van der Waals surface area contributed by atoms with Crippen LogP contribution in [-0.2, 0) is 9.53 Å². The number of amides is 2. The van der Waals surface area contributed by atoms with Crippen LogP contribution in [0.5, 0.6) is 0 Å². The molecule has 0 bridgehead atoms. The molecule has 0 spiro atoms. The molecule has 2 heterocycles. The molecule has 2 fully saturated rings. The average molecular weight is 298 g/mol. The summed E-state index contributed by atoms with van der Waals surface area (Å²) in [4.78, 5) is 27.0. The third kappa shape index (κ3) is 4.33. The summed E-state index contributed by atoms with van der Waals surface area (Å²) >= 11 is 0. The molecular weight excluding hydrogens is 272 g/mol. The molecule has 6 nitrogen and oxygen atoms in total. The van der Waals surface area contributed by atoms with Crippen molar-refractivity contribution in [3.8, 4) is 0 Å². The summed E-state index contributed by atoms with van der Waals surface area (Å²) in [6.07, 6.45) is 1.80. The van der Waals surface area contributed by atoms with Gasteiger partial charge in [0.05, 0.1) is 18.2 Å². The van der Waals surface area contributed by atoms with Crippen LogP contribution in [0.2, 0.25) is 0 Å². The molecule has 2 saturated heterocycles. The van der Waals surface area contributed by atoms with E-state index in [1.165, 1.54) is 0 Å². The van der Waals surface area contributed by atoms with Crippen LogP contribution in [0.1, 0.15) is 40.0 Å². The van der Waals surface area contributed by atoms with Gasteiger partial charge in [-0.2, -0.15) is 0 Å². The smallest absolute Gasteiger partial charge is 0.320 e. The van der Waals surface area contributed by atoms with Crippen molar-refractivity contribution >= 4 is 12.0 Å². The van der Waals surface area contributed by atoms with Gasteiger partial charge in [0.25, 0.3) is 0 Å².